The maximum atomic E-state index is 6.12. The van der Waals surface area contributed by atoms with Gasteiger partial charge in [0.15, 0.2) is 5.96 Å². The van der Waals surface area contributed by atoms with Crippen LogP contribution in [0.15, 0.2) is 23.3 Å². The van der Waals surface area contributed by atoms with Gasteiger partial charge in [-0.25, -0.2) is 9.98 Å². The Hall–Kier alpha value is -1.86. The monoisotopic (exact) mass is 416 g/mol. The van der Waals surface area contributed by atoms with Crippen molar-refractivity contribution in [2.45, 2.75) is 76.7 Å². The minimum Gasteiger partial charge on any atom is -0.474 e. The predicted molar refractivity (Wildman–Crippen MR) is 117 cm³/mol. The van der Waals surface area contributed by atoms with Crippen molar-refractivity contribution in [3.63, 3.8) is 0 Å². The molecule has 1 aliphatic carbocycles. The van der Waals surface area contributed by atoms with Crippen molar-refractivity contribution in [3.8, 4) is 5.88 Å². The van der Waals surface area contributed by atoms with Crippen molar-refractivity contribution >= 4 is 5.96 Å². The molecule has 2 unspecified atom stereocenters. The lowest BCUT2D eigenvalue weighted by Crippen LogP contribution is -2.53. The summed E-state index contributed by atoms with van der Waals surface area (Å²) >= 11 is 0. The smallest absolute Gasteiger partial charge is 0.213 e. The quantitative estimate of drug-likeness (QED) is 0.568. The first-order valence-electron chi connectivity index (χ1n) is 11.7. The molecule has 3 heterocycles. The number of pyridine rings is 1. The van der Waals surface area contributed by atoms with Crippen LogP contribution in [0.3, 0.4) is 0 Å². The molecule has 2 atom stereocenters. The van der Waals surface area contributed by atoms with Crippen LogP contribution in [0.1, 0.15) is 57.4 Å². The standard InChI is InChI=1S/C23H36N4O3/c1-2-24-23(27-12-14-29-21(17-27)20-9-6-13-28-20)26-16-18-10-11-25-22(15-18)30-19-7-4-3-5-8-19/h10-11,15,19-21H,2-9,12-14,16-17H2,1H3,(H,24,26). The second-order valence-electron chi connectivity index (χ2n) is 8.46. The van der Waals surface area contributed by atoms with Crippen LogP contribution >= 0.6 is 0 Å². The molecule has 1 N–H and O–H groups in total. The molecule has 7 heteroatoms. The molecule has 2 aliphatic heterocycles. The number of nitrogens with one attached hydrogen (secondary N) is 1. The van der Waals surface area contributed by atoms with Crippen LogP contribution in [0, 0.1) is 0 Å². The molecule has 4 rings (SSSR count). The van der Waals surface area contributed by atoms with E-state index in [0.717, 1.165) is 69.3 Å². The third kappa shape index (κ3) is 5.85. The largest absolute Gasteiger partial charge is 0.474 e. The summed E-state index contributed by atoms with van der Waals surface area (Å²) < 4.78 is 18.0. The molecule has 166 valence electrons. The van der Waals surface area contributed by atoms with Crippen molar-refractivity contribution in [2.75, 3.05) is 32.8 Å². The molecule has 2 saturated heterocycles. The van der Waals surface area contributed by atoms with E-state index in [1.165, 1.54) is 19.3 Å². The van der Waals surface area contributed by atoms with E-state index in [1.807, 2.05) is 18.3 Å². The molecular formula is C23H36N4O3. The van der Waals surface area contributed by atoms with Crippen molar-refractivity contribution in [3.05, 3.63) is 23.9 Å². The lowest BCUT2D eigenvalue weighted by atomic mass is 9.98. The van der Waals surface area contributed by atoms with Gasteiger partial charge in [0.25, 0.3) is 0 Å². The zero-order valence-electron chi connectivity index (χ0n) is 18.2. The lowest BCUT2D eigenvalue weighted by Gasteiger charge is -2.37. The van der Waals surface area contributed by atoms with Gasteiger partial charge in [-0.15, -0.1) is 0 Å². The fourth-order valence-electron chi connectivity index (χ4n) is 4.55. The molecule has 1 aromatic heterocycles. The zero-order valence-corrected chi connectivity index (χ0v) is 18.2. The number of hydrogen-bond donors (Lipinski definition) is 1. The Bertz CT molecular complexity index is 687. The number of aliphatic imine (C=N–C) groups is 1. The van der Waals surface area contributed by atoms with Gasteiger partial charge >= 0.3 is 0 Å². The molecule has 0 amide bonds. The summed E-state index contributed by atoms with van der Waals surface area (Å²) in [4.78, 5) is 11.6. The Balaban J connectivity index is 1.37. The fourth-order valence-corrected chi connectivity index (χ4v) is 4.55. The topological polar surface area (TPSA) is 68.2 Å². The summed E-state index contributed by atoms with van der Waals surface area (Å²) in [6, 6.07) is 4.06. The molecule has 0 bridgehead atoms. The van der Waals surface area contributed by atoms with E-state index in [1.54, 1.807) is 0 Å². The fraction of sp³-hybridized carbons (Fsp3) is 0.739. The molecule has 30 heavy (non-hydrogen) atoms. The number of guanidine groups is 1. The molecule has 1 aromatic rings. The summed E-state index contributed by atoms with van der Waals surface area (Å²) in [5.41, 5.74) is 1.12. The van der Waals surface area contributed by atoms with Crippen molar-refractivity contribution < 1.29 is 14.2 Å². The van der Waals surface area contributed by atoms with Gasteiger partial charge in [0.05, 0.1) is 19.3 Å². The first-order chi connectivity index (χ1) is 14.8. The number of morpholine rings is 1. The molecule has 0 spiro atoms. The van der Waals surface area contributed by atoms with Crippen LogP contribution in [0.5, 0.6) is 5.88 Å². The highest BCUT2D eigenvalue weighted by atomic mass is 16.5. The summed E-state index contributed by atoms with van der Waals surface area (Å²) in [7, 11) is 0. The minimum absolute atomic E-state index is 0.126. The van der Waals surface area contributed by atoms with Gasteiger partial charge < -0.3 is 24.4 Å². The number of hydrogen-bond acceptors (Lipinski definition) is 5. The molecule has 7 nitrogen and oxygen atoms in total. The van der Waals surface area contributed by atoms with E-state index in [2.05, 4.69) is 22.1 Å². The van der Waals surface area contributed by atoms with Crippen molar-refractivity contribution in [1.29, 1.82) is 0 Å². The molecule has 0 radical (unpaired) electrons. The lowest BCUT2D eigenvalue weighted by molar-refractivity contribution is -0.0817. The van der Waals surface area contributed by atoms with Crippen LogP contribution in [-0.4, -0.2) is 67.0 Å². The van der Waals surface area contributed by atoms with Gasteiger partial charge in [0, 0.05) is 38.5 Å². The van der Waals surface area contributed by atoms with E-state index >= 15 is 0 Å². The van der Waals surface area contributed by atoms with E-state index in [-0.39, 0.29) is 12.2 Å². The second-order valence-corrected chi connectivity index (χ2v) is 8.46. The van der Waals surface area contributed by atoms with Crippen LogP contribution in [0.25, 0.3) is 0 Å². The van der Waals surface area contributed by atoms with Crippen LogP contribution in [-0.2, 0) is 16.0 Å². The SMILES string of the molecule is CCNC(=NCc1ccnc(OC2CCCCC2)c1)N1CCOC(C2CCCO2)C1. The van der Waals surface area contributed by atoms with Gasteiger partial charge in [-0.05, 0) is 57.1 Å². The van der Waals surface area contributed by atoms with Crippen molar-refractivity contribution in [1.82, 2.24) is 15.2 Å². The summed E-state index contributed by atoms with van der Waals surface area (Å²) in [5, 5.41) is 3.45. The van der Waals surface area contributed by atoms with E-state index in [4.69, 9.17) is 19.2 Å². The molecule has 0 aromatic carbocycles. The third-order valence-corrected chi connectivity index (χ3v) is 6.16. The maximum absolute atomic E-state index is 6.12. The predicted octanol–water partition coefficient (Wildman–Crippen LogP) is 3.14. The summed E-state index contributed by atoms with van der Waals surface area (Å²) in [6.07, 6.45) is 10.8. The number of aromatic nitrogens is 1. The Kier molecular flexibility index (Phi) is 7.81. The summed E-state index contributed by atoms with van der Waals surface area (Å²) in [6.45, 7) is 6.79. The van der Waals surface area contributed by atoms with Gasteiger partial charge in [-0.3, -0.25) is 0 Å². The van der Waals surface area contributed by atoms with Crippen LogP contribution < -0.4 is 10.1 Å². The molecular weight excluding hydrogens is 380 g/mol. The van der Waals surface area contributed by atoms with Gasteiger partial charge in [0.2, 0.25) is 5.88 Å². The number of ether oxygens (including phenoxy) is 3. The first kappa shape index (κ1) is 21.4. The van der Waals surface area contributed by atoms with E-state index in [9.17, 15) is 0 Å². The average molecular weight is 417 g/mol. The Morgan fingerprint density at radius 3 is 2.83 bits per heavy atom. The van der Waals surface area contributed by atoms with Gasteiger partial charge in [-0.1, -0.05) is 6.42 Å². The Morgan fingerprint density at radius 2 is 2.03 bits per heavy atom. The Labute approximate surface area is 180 Å². The maximum Gasteiger partial charge on any atom is 0.213 e. The van der Waals surface area contributed by atoms with Crippen molar-refractivity contribution in [2.24, 2.45) is 4.99 Å². The van der Waals surface area contributed by atoms with Gasteiger partial charge in [0.1, 0.15) is 12.2 Å². The molecule has 3 aliphatic rings. The first-order valence-corrected chi connectivity index (χ1v) is 11.7. The zero-order chi connectivity index (χ0) is 20.6. The highest BCUT2D eigenvalue weighted by Gasteiger charge is 2.32. The number of nitrogens with zero attached hydrogens (tertiary/aromatic N) is 3. The molecule has 1 saturated carbocycles. The third-order valence-electron chi connectivity index (χ3n) is 6.16. The van der Waals surface area contributed by atoms with E-state index < -0.39 is 0 Å². The van der Waals surface area contributed by atoms with E-state index in [0.29, 0.717) is 19.3 Å². The average Bonchev–Trinajstić information content (AvgIpc) is 3.33. The highest BCUT2D eigenvalue weighted by molar-refractivity contribution is 5.80. The minimum atomic E-state index is 0.126. The van der Waals surface area contributed by atoms with Crippen LogP contribution in [0.4, 0.5) is 0 Å². The number of rotatable bonds is 6. The highest BCUT2D eigenvalue weighted by Crippen LogP contribution is 2.23. The summed E-state index contributed by atoms with van der Waals surface area (Å²) in [5.74, 6) is 1.67. The normalized spacial score (nSPS) is 26.0. The van der Waals surface area contributed by atoms with Crippen LogP contribution in [0.2, 0.25) is 0 Å². The Morgan fingerprint density at radius 1 is 1.17 bits per heavy atom. The second kappa shape index (κ2) is 11.0. The van der Waals surface area contributed by atoms with Gasteiger partial charge in [-0.2, -0.15) is 0 Å². The molecule has 3 fully saturated rings.